The van der Waals surface area contributed by atoms with Crippen LogP contribution in [0.3, 0.4) is 0 Å². The van der Waals surface area contributed by atoms with E-state index in [0.29, 0.717) is 10.9 Å². The van der Waals surface area contributed by atoms with Crippen LogP contribution in [-0.2, 0) is 6.42 Å². The topological polar surface area (TPSA) is 12.0 Å². The van der Waals surface area contributed by atoms with E-state index in [1.54, 1.807) is 17.4 Å². The van der Waals surface area contributed by atoms with Gasteiger partial charge in [0.15, 0.2) is 0 Å². The van der Waals surface area contributed by atoms with Gasteiger partial charge in [-0.25, -0.2) is 4.39 Å². The molecule has 0 aliphatic carbocycles. The van der Waals surface area contributed by atoms with Crippen LogP contribution >= 0.6 is 38.9 Å². The van der Waals surface area contributed by atoms with Gasteiger partial charge >= 0.3 is 0 Å². The number of hydrogen-bond donors (Lipinski definition) is 1. The van der Waals surface area contributed by atoms with Gasteiger partial charge in [-0.2, -0.15) is 0 Å². The summed E-state index contributed by atoms with van der Waals surface area (Å²) in [5.41, 5.74) is 0.943. The van der Waals surface area contributed by atoms with Crippen molar-refractivity contribution in [2.24, 2.45) is 0 Å². The van der Waals surface area contributed by atoms with Gasteiger partial charge in [0.2, 0.25) is 0 Å². The number of likely N-dealkylation sites (N-methyl/N-ethyl adjacent to an activating group) is 1. The Hall–Kier alpha value is -0.420. The molecule has 1 unspecified atom stereocenters. The van der Waals surface area contributed by atoms with Crippen LogP contribution in [0.25, 0.3) is 0 Å². The first-order valence-electron chi connectivity index (χ1n) is 5.47. The summed E-state index contributed by atoms with van der Waals surface area (Å²) in [5.74, 6) is -0.230. The Balaban J connectivity index is 2.23. The van der Waals surface area contributed by atoms with E-state index in [4.69, 9.17) is 11.6 Å². The lowest BCUT2D eigenvalue weighted by atomic mass is 10.0. The van der Waals surface area contributed by atoms with Gasteiger partial charge in [-0.3, -0.25) is 0 Å². The standard InChI is InChI=1S/C13H12BrClFNS/c1-17-10(11-5-6-12(15)18-11)7-8-3-2-4-9(16)13(8)14/h2-6,10,17H,7H2,1H3. The first-order valence-corrected chi connectivity index (χ1v) is 7.46. The second kappa shape index (κ2) is 6.15. The van der Waals surface area contributed by atoms with E-state index in [0.717, 1.165) is 14.8 Å². The van der Waals surface area contributed by atoms with Crippen LogP contribution in [0.2, 0.25) is 4.34 Å². The normalized spacial score (nSPS) is 12.7. The zero-order valence-electron chi connectivity index (χ0n) is 9.71. The molecule has 0 spiro atoms. The number of thiophene rings is 1. The molecule has 0 amide bonds. The van der Waals surface area contributed by atoms with Crippen LogP contribution in [0.5, 0.6) is 0 Å². The van der Waals surface area contributed by atoms with E-state index in [-0.39, 0.29) is 11.9 Å². The van der Waals surface area contributed by atoms with Crippen molar-refractivity contribution in [3.63, 3.8) is 0 Å². The largest absolute Gasteiger partial charge is 0.312 e. The molecule has 0 bridgehead atoms. The minimum Gasteiger partial charge on any atom is -0.312 e. The van der Waals surface area contributed by atoms with Crippen molar-refractivity contribution < 1.29 is 4.39 Å². The van der Waals surface area contributed by atoms with E-state index in [2.05, 4.69) is 21.2 Å². The number of halogens is 3. The Morgan fingerprint density at radius 1 is 1.39 bits per heavy atom. The summed E-state index contributed by atoms with van der Waals surface area (Å²) in [6.45, 7) is 0. The molecule has 5 heteroatoms. The molecule has 2 rings (SSSR count). The van der Waals surface area contributed by atoms with E-state index in [1.165, 1.54) is 6.07 Å². The van der Waals surface area contributed by atoms with Gasteiger partial charge in [0.25, 0.3) is 0 Å². The molecular formula is C13H12BrClFNS. The van der Waals surface area contributed by atoms with Crippen LogP contribution in [0, 0.1) is 5.82 Å². The van der Waals surface area contributed by atoms with Gasteiger partial charge in [0, 0.05) is 10.9 Å². The van der Waals surface area contributed by atoms with Gasteiger partial charge in [-0.05, 0) is 53.2 Å². The second-order valence-electron chi connectivity index (χ2n) is 3.90. The summed E-state index contributed by atoms with van der Waals surface area (Å²) in [7, 11) is 1.89. The quantitative estimate of drug-likeness (QED) is 0.836. The maximum atomic E-state index is 13.5. The third kappa shape index (κ3) is 3.12. The summed E-state index contributed by atoms with van der Waals surface area (Å²) in [4.78, 5) is 1.15. The number of rotatable bonds is 4. The van der Waals surface area contributed by atoms with Crippen molar-refractivity contribution >= 4 is 38.9 Å². The van der Waals surface area contributed by atoms with Crippen LogP contribution < -0.4 is 5.32 Å². The van der Waals surface area contributed by atoms with Crippen LogP contribution in [0.1, 0.15) is 16.5 Å². The predicted molar refractivity (Wildman–Crippen MR) is 78.9 cm³/mol. The zero-order valence-corrected chi connectivity index (χ0v) is 12.9. The Morgan fingerprint density at radius 3 is 2.78 bits per heavy atom. The molecule has 1 atom stereocenters. The molecule has 0 radical (unpaired) electrons. The lowest BCUT2D eigenvalue weighted by Gasteiger charge is -2.15. The lowest BCUT2D eigenvalue weighted by molar-refractivity contribution is 0.587. The maximum Gasteiger partial charge on any atom is 0.137 e. The smallest absolute Gasteiger partial charge is 0.137 e. The fraction of sp³-hybridized carbons (Fsp3) is 0.231. The fourth-order valence-electron chi connectivity index (χ4n) is 1.79. The predicted octanol–water partition coefficient (Wildman–Crippen LogP) is 4.81. The van der Waals surface area contributed by atoms with E-state index < -0.39 is 0 Å². The number of benzene rings is 1. The minimum atomic E-state index is -0.230. The Labute approximate surface area is 123 Å². The van der Waals surface area contributed by atoms with E-state index >= 15 is 0 Å². The molecule has 0 saturated carbocycles. The molecule has 1 heterocycles. The minimum absolute atomic E-state index is 0.139. The average Bonchev–Trinajstić information content (AvgIpc) is 2.78. The summed E-state index contributed by atoms with van der Waals surface area (Å²) in [5, 5.41) is 3.24. The van der Waals surface area contributed by atoms with E-state index in [9.17, 15) is 4.39 Å². The summed E-state index contributed by atoms with van der Waals surface area (Å²) < 4.78 is 14.8. The number of hydrogen-bond acceptors (Lipinski definition) is 2. The van der Waals surface area contributed by atoms with Crippen LogP contribution in [0.4, 0.5) is 4.39 Å². The fourth-order valence-corrected chi connectivity index (χ4v) is 3.38. The monoisotopic (exact) mass is 347 g/mol. The van der Waals surface area contributed by atoms with Gasteiger partial charge in [0.1, 0.15) is 5.82 Å². The zero-order chi connectivity index (χ0) is 13.1. The molecule has 18 heavy (non-hydrogen) atoms. The molecule has 1 aromatic heterocycles. The third-order valence-electron chi connectivity index (χ3n) is 2.74. The maximum absolute atomic E-state index is 13.5. The molecule has 1 aromatic carbocycles. The van der Waals surface area contributed by atoms with E-state index in [1.807, 2.05) is 25.2 Å². The Bertz CT molecular complexity index is 544. The number of nitrogens with one attached hydrogen (secondary N) is 1. The van der Waals surface area contributed by atoms with Crippen molar-refractivity contribution in [1.82, 2.24) is 5.32 Å². The highest BCUT2D eigenvalue weighted by Crippen LogP contribution is 2.31. The summed E-state index contributed by atoms with van der Waals surface area (Å²) in [6, 6.07) is 9.12. The molecular weight excluding hydrogens is 337 g/mol. The highest BCUT2D eigenvalue weighted by molar-refractivity contribution is 9.10. The second-order valence-corrected chi connectivity index (χ2v) is 6.44. The third-order valence-corrected chi connectivity index (χ3v) is 4.97. The molecule has 0 aliphatic rings. The highest BCUT2D eigenvalue weighted by Gasteiger charge is 2.15. The van der Waals surface area contributed by atoms with Crippen LogP contribution in [0.15, 0.2) is 34.8 Å². The molecule has 96 valence electrons. The van der Waals surface area contributed by atoms with Gasteiger partial charge in [-0.1, -0.05) is 23.7 Å². The molecule has 0 aliphatic heterocycles. The van der Waals surface area contributed by atoms with Crippen molar-refractivity contribution in [2.45, 2.75) is 12.5 Å². The van der Waals surface area contributed by atoms with Gasteiger partial charge in [-0.15, -0.1) is 11.3 Å². The van der Waals surface area contributed by atoms with Crippen molar-refractivity contribution in [2.75, 3.05) is 7.05 Å². The lowest BCUT2D eigenvalue weighted by Crippen LogP contribution is -2.18. The van der Waals surface area contributed by atoms with Crippen molar-refractivity contribution in [3.8, 4) is 0 Å². The van der Waals surface area contributed by atoms with Crippen molar-refractivity contribution in [1.29, 1.82) is 0 Å². The molecule has 1 nitrogen and oxygen atoms in total. The average molecular weight is 349 g/mol. The molecule has 2 aromatic rings. The van der Waals surface area contributed by atoms with Gasteiger partial charge < -0.3 is 5.32 Å². The van der Waals surface area contributed by atoms with Gasteiger partial charge in [0.05, 0.1) is 8.81 Å². The first kappa shape index (κ1) is 14.0. The molecule has 0 fully saturated rings. The molecule has 1 N–H and O–H groups in total. The van der Waals surface area contributed by atoms with Crippen molar-refractivity contribution in [3.05, 3.63) is 55.4 Å². The Morgan fingerprint density at radius 2 is 2.17 bits per heavy atom. The SMILES string of the molecule is CNC(Cc1cccc(F)c1Br)c1ccc(Cl)s1. The summed E-state index contributed by atoms with van der Waals surface area (Å²) in [6.07, 6.45) is 0.714. The summed E-state index contributed by atoms with van der Waals surface area (Å²) >= 11 is 10.8. The Kier molecular flexibility index (Phi) is 4.78. The highest BCUT2D eigenvalue weighted by atomic mass is 79.9. The molecule has 0 saturated heterocycles. The van der Waals surface area contributed by atoms with Crippen LogP contribution in [-0.4, -0.2) is 7.05 Å². The first-order chi connectivity index (χ1) is 8.61.